The highest BCUT2D eigenvalue weighted by Crippen LogP contribution is 2.25. The lowest BCUT2D eigenvalue weighted by molar-refractivity contribution is -0.117. The minimum absolute atomic E-state index is 0.124. The van der Waals surface area contributed by atoms with Gasteiger partial charge in [0.2, 0.25) is 15.9 Å². The Labute approximate surface area is 174 Å². The van der Waals surface area contributed by atoms with Gasteiger partial charge in [0.15, 0.2) is 11.6 Å². The number of halogens is 3. The van der Waals surface area contributed by atoms with E-state index < -0.39 is 39.3 Å². The van der Waals surface area contributed by atoms with Crippen LogP contribution in [0.15, 0.2) is 36.4 Å². The lowest BCUT2D eigenvalue weighted by atomic mass is 10.0. The molecule has 0 heterocycles. The number of carbonyl (C=O) groups is 1. The molecule has 0 aromatic heterocycles. The first-order chi connectivity index (χ1) is 14.0. The molecule has 5 nitrogen and oxygen atoms in total. The van der Waals surface area contributed by atoms with Crippen LogP contribution >= 0.6 is 0 Å². The van der Waals surface area contributed by atoms with Gasteiger partial charge in [0.1, 0.15) is 11.5 Å². The third kappa shape index (κ3) is 6.62. The molecule has 162 valence electrons. The summed E-state index contributed by atoms with van der Waals surface area (Å²) in [6.07, 6.45) is 5.06. The highest BCUT2D eigenvalue weighted by atomic mass is 32.2. The number of aryl methyl sites for hydroxylation is 1. The second-order valence-electron chi connectivity index (χ2n) is 6.89. The maximum Gasteiger partial charge on any atom is 0.244 e. The quantitative estimate of drug-likeness (QED) is 0.601. The largest absolute Gasteiger partial charge is 0.346 e. The SMILES string of the molecule is CCCc1cc(F)ccc1C=CC(=O)N[C@H](C)c1cc(F)c(NS(C)(=O)=O)c(F)c1. The van der Waals surface area contributed by atoms with Crippen molar-refractivity contribution in [1.29, 1.82) is 0 Å². The molecule has 0 aliphatic carbocycles. The number of rotatable bonds is 8. The Bertz CT molecular complexity index is 1050. The summed E-state index contributed by atoms with van der Waals surface area (Å²) in [5.41, 5.74) is 0.820. The van der Waals surface area contributed by atoms with E-state index in [-0.39, 0.29) is 11.4 Å². The summed E-state index contributed by atoms with van der Waals surface area (Å²) in [6, 6.07) is 5.45. The molecule has 0 bridgehead atoms. The molecule has 2 rings (SSSR count). The van der Waals surface area contributed by atoms with Crippen molar-refractivity contribution in [3.8, 4) is 0 Å². The first-order valence-electron chi connectivity index (χ1n) is 9.24. The minimum Gasteiger partial charge on any atom is -0.346 e. The molecule has 0 aliphatic rings. The Morgan fingerprint density at radius 1 is 1.13 bits per heavy atom. The van der Waals surface area contributed by atoms with Gasteiger partial charge in [-0.1, -0.05) is 19.4 Å². The van der Waals surface area contributed by atoms with Crippen LogP contribution in [0.5, 0.6) is 0 Å². The monoisotopic (exact) mass is 440 g/mol. The van der Waals surface area contributed by atoms with Gasteiger partial charge in [0.25, 0.3) is 0 Å². The van der Waals surface area contributed by atoms with Crippen LogP contribution in [0.1, 0.15) is 43.0 Å². The standard InChI is InChI=1S/C21H23F3N2O3S/c1-4-5-15-10-17(22)8-6-14(15)7-9-20(27)25-13(2)16-11-18(23)21(19(24)12-16)26-30(3,28)29/h6-13,26H,4-5H2,1-3H3,(H,25,27)/t13-/m1/s1. The second kappa shape index (κ2) is 9.80. The van der Waals surface area contributed by atoms with Crippen LogP contribution < -0.4 is 10.0 Å². The molecule has 0 unspecified atom stereocenters. The molecular formula is C21H23F3N2O3S. The fraction of sp³-hybridized carbons (Fsp3) is 0.286. The molecule has 0 radical (unpaired) electrons. The molecule has 0 saturated heterocycles. The number of benzene rings is 2. The number of anilines is 1. The van der Waals surface area contributed by atoms with Gasteiger partial charge in [-0.05, 0) is 60.4 Å². The number of carbonyl (C=O) groups excluding carboxylic acids is 1. The summed E-state index contributed by atoms with van der Waals surface area (Å²) in [4.78, 5) is 12.2. The van der Waals surface area contributed by atoms with Crippen LogP contribution in [0.25, 0.3) is 6.08 Å². The molecule has 9 heteroatoms. The van der Waals surface area contributed by atoms with Crippen molar-refractivity contribution in [2.75, 3.05) is 11.0 Å². The molecule has 30 heavy (non-hydrogen) atoms. The van der Waals surface area contributed by atoms with E-state index in [1.54, 1.807) is 16.9 Å². The summed E-state index contributed by atoms with van der Waals surface area (Å²) in [7, 11) is -3.85. The maximum atomic E-state index is 14.1. The van der Waals surface area contributed by atoms with Crippen molar-refractivity contribution in [2.45, 2.75) is 32.7 Å². The molecule has 2 N–H and O–H groups in total. The summed E-state index contributed by atoms with van der Waals surface area (Å²) in [5.74, 6) is -3.05. The number of nitrogens with one attached hydrogen (secondary N) is 2. The molecule has 0 spiro atoms. The number of hydrogen-bond donors (Lipinski definition) is 2. The normalized spacial score (nSPS) is 12.7. The first-order valence-corrected chi connectivity index (χ1v) is 11.1. The Hall–Kier alpha value is -2.81. The Morgan fingerprint density at radius 3 is 2.33 bits per heavy atom. The fourth-order valence-corrected chi connectivity index (χ4v) is 3.42. The molecule has 1 atom stereocenters. The predicted molar refractivity (Wildman–Crippen MR) is 111 cm³/mol. The maximum absolute atomic E-state index is 14.1. The second-order valence-corrected chi connectivity index (χ2v) is 8.64. The molecule has 1 amide bonds. The van der Waals surface area contributed by atoms with E-state index >= 15 is 0 Å². The summed E-state index contributed by atoms with van der Waals surface area (Å²) in [6.45, 7) is 3.49. The highest BCUT2D eigenvalue weighted by Gasteiger charge is 2.18. The lowest BCUT2D eigenvalue weighted by Gasteiger charge is -2.15. The minimum atomic E-state index is -3.85. The summed E-state index contributed by atoms with van der Waals surface area (Å²) < 4.78 is 65.9. The van der Waals surface area contributed by atoms with Crippen LogP contribution in [0, 0.1) is 17.5 Å². The van der Waals surface area contributed by atoms with Gasteiger partial charge in [-0.3, -0.25) is 9.52 Å². The van der Waals surface area contributed by atoms with Crippen LogP contribution in [0.3, 0.4) is 0 Å². The van der Waals surface area contributed by atoms with Gasteiger partial charge in [-0.25, -0.2) is 21.6 Å². The lowest BCUT2D eigenvalue weighted by Crippen LogP contribution is -2.25. The van der Waals surface area contributed by atoms with Crippen LogP contribution in [-0.4, -0.2) is 20.6 Å². The van der Waals surface area contributed by atoms with Crippen molar-refractivity contribution in [3.63, 3.8) is 0 Å². The average molecular weight is 440 g/mol. The van der Waals surface area contributed by atoms with Gasteiger partial charge < -0.3 is 5.32 Å². The van der Waals surface area contributed by atoms with Gasteiger partial charge in [0.05, 0.1) is 12.3 Å². The smallest absolute Gasteiger partial charge is 0.244 e. The van der Waals surface area contributed by atoms with Crippen LogP contribution in [0.2, 0.25) is 0 Å². The predicted octanol–water partition coefficient (Wildman–Crippen LogP) is 4.32. The number of sulfonamides is 1. The zero-order chi connectivity index (χ0) is 22.5. The number of hydrogen-bond acceptors (Lipinski definition) is 3. The Morgan fingerprint density at radius 2 is 1.77 bits per heavy atom. The average Bonchev–Trinajstić information content (AvgIpc) is 2.63. The molecule has 0 aliphatic heterocycles. The number of amides is 1. The van der Waals surface area contributed by atoms with E-state index in [0.29, 0.717) is 12.0 Å². The molecule has 2 aromatic rings. The van der Waals surface area contributed by atoms with Crippen molar-refractivity contribution in [3.05, 3.63) is 70.5 Å². The zero-order valence-electron chi connectivity index (χ0n) is 16.8. The van der Waals surface area contributed by atoms with Crippen LogP contribution in [-0.2, 0) is 21.2 Å². The van der Waals surface area contributed by atoms with Crippen molar-refractivity contribution in [1.82, 2.24) is 5.32 Å². The topological polar surface area (TPSA) is 75.3 Å². The van der Waals surface area contributed by atoms with Crippen molar-refractivity contribution < 1.29 is 26.4 Å². The fourth-order valence-electron chi connectivity index (χ4n) is 2.86. The van der Waals surface area contributed by atoms with E-state index in [2.05, 4.69) is 5.32 Å². The zero-order valence-corrected chi connectivity index (χ0v) is 17.6. The van der Waals surface area contributed by atoms with Crippen molar-refractivity contribution in [2.24, 2.45) is 0 Å². The Balaban J connectivity index is 2.14. The van der Waals surface area contributed by atoms with E-state index in [0.717, 1.165) is 30.4 Å². The van der Waals surface area contributed by atoms with E-state index in [1.165, 1.54) is 25.1 Å². The van der Waals surface area contributed by atoms with Gasteiger partial charge >= 0.3 is 0 Å². The summed E-state index contributed by atoms with van der Waals surface area (Å²) >= 11 is 0. The summed E-state index contributed by atoms with van der Waals surface area (Å²) in [5, 5.41) is 2.58. The van der Waals surface area contributed by atoms with Crippen LogP contribution in [0.4, 0.5) is 18.9 Å². The molecule has 0 saturated carbocycles. The van der Waals surface area contributed by atoms with Gasteiger partial charge in [-0.15, -0.1) is 0 Å². The molecular weight excluding hydrogens is 417 g/mol. The van der Waals surface area contributed by atoms with Gasteiger partial charge in [-0.2, -0.15) is 0 Å². The third-order valence-electron chi connectivity index (χ3n) is 4.25. The van der Waals surface area contributed by atoms with E-state index in [1.807, 2.05) is 6.92 Å². The Kier molecular flexibility index (Phi) is 7.66. The van der Waals surface area contributed by atoms with E-state index in [4.69, 9.17) is 0 Å². The molecule has 0 fully saturated rings. The van der Waals surface area contributed by atoms with E-state index in [9.17, 15) is 26.4 Å². The van der Waals surface area contributed by atoms with Gasteiger partial charge in [0, 0.05) is 6.08 Å². The van der Waals surface area contributed by atoms with Crippen molar-refractivity contribution >= 4 is 27.7 Å². The highest BCUT2D eigenvalue weighted by molar-refractivity contribution is 7.92. The first kappa shape index (κ1) is 23.5. The third-order valence-corrected chi connectivity index (χ3v) is 4.82. The molecule has 2 aromatic carbocycles.